The molecule has 0 fully saturated rings. The summed E-state index contributed by atoms with van der Waals surface area (Å²) in [5.41, 5.74) is 5.24. The van der Waals surface area contributed by atoms with Gasteiger partial charge in [-0.15, -0.1) is 10.2 Å². The Morgan fingerprint density at radius 1 is 1.30 bits per heavy atom. The molecule has 0 unspecified atom stereocenters. The van der Waals surface area contributed by atoms with Gasteiger partial charge in [-0.3, -0.25) is 0 Å². The van der Waals surface area contributed by atoms with Crippen LogP contribution in [-0.2, 0) is 6.54 Å². The van der Waals surface area contributed by atoms with E-state index in [9.17, 15) is 0 Å². The molecule has 1 aromatic heterocycles. The third-order valence-electron chi connectivity index (χ3n) is 1.09. The lowest BCUT2D eigenvalue weighted by Crippen LogP contribution is -1.95. The van der Waals surface area contributed by atoms with E-state index < -0.39 is 0 Å². The second-order valence-corrected chi connectivity index (χ2v) is 1.87. The number of nitrogens with zero attached hydrogens (tertiary/aromatic N) is 3. The minimum atomic E-state index is 0.585. The molecular weight excluding hydrogens is 128 g/mol. The van der Waals surface area contributed by atoms with Crippen molar-refractivity contribution in [1.82, 2.24) is 14.8 Å². The average molecular weight is 138 g/mol. The summed E-state index contributed by atoms with van der Waals surface area (Å²) in [6, 6.07) is 0. The van der Waals surface area contributed by atoms with E-state index in [2.05, 4.69) is 10.2 Å². The summed E-state index contributed by atoms with van der Waals surface area (Å²) in [6.07, 6.45) is 7.21. The first-order chi connectivity index (χ1) is 4.93. The van der Waals surface area contributed by atoms with Gasteiger partial charge >= 0.3 is 0 Å². The quantitative estimate of drug-likeness (QED) is 0.588. The van der Waals surface area contributed by atoms with Gasteiger partial charge in [0.1, 0.15) is 12.7 Å². The van der Waals surface area contributed by atoms with Crippen LogP contribution in [0.15, 0.2) is 24.8 Å². The molecule has 2 N–H and O–H groups in total. The van der Waals surface area contributed by atoms with Gasteiger partial charge in [-0.1, -0.05) is 12.2 Å². The van der Waals surface area contributed by atoms with Gasteiger partial charge in [0, 0.05) is 13.1 Å². The highest BCUT2D eigenvalue weighted by Gasteiger charge is 1.82. The van der Waals surface area contributed by atoms with Crippen LogP contribution in [0.5, 0.6) is 0 Å². The monoisotopic (exact) mass is 138 g/mol. The smallest absolute Gasteiger partial charge is 0.119 e. The predicted octanol–water partition coefficient (Wildman–Crippen LogP) is -0.207. The molecule has 0 saturated heterocycles. The van der Waals surface area contributed by atoms with Gasteiger partial charge in [0.2, 0.25) is 0 Å². The number of nitrogens with two attached hydrogens (primary N) is 1. The van der Waals surface area contributed by atoms with Gasteiger partial charge in [0.25, 0.3) is 0 Å². The van der Waals surface area contributed by atoms with Crippen LogP contribution in [-0.4, -0.2) is 21.3 Å². The number of rotatable bonds is 3. The summed E-state index contributed by atoms with van der Waals surface area (Å²) in [6.45, 7) is 1.38. The lowest BCUT2D eigenvalue weighted by Gasteiger charge is -1.90. The summed E-state index contributed by atoms with van der Waals surface area (Å²) < 4.78 is 1.87. The first kappa shape index (κ1) is 6.95. The van der Waals surface area contributed by atoms with Crippen molar-refractivity contribution in [2.75, 3.05) is 6.54 Å². The van der Waals surface area contributed by atoms with Crippen molar-refractivity contribution < 1.29 is 0 Å². The van der Waals surface area contributed by atoms with E-state index >= 15 is 0 Å². The van der Waals surface area contributed by atoms with E-state index in [1.54, 1.807) is 12.7 Å². The number of hydrogen-bond donors (Lipinski definition) is 1. The normalized spacial score (nSPS) is 10.9. The maximum absolute atomic E-state index is 5.24. The van der Waals surface area contributed by atoms with Crippen LogP contribution in [0.25, 0.3) is 0 Å². The predicted molar refractivity (Wildman–Crippen MR) is 38.2 cm³/mol. The van der Waals surface area contributed by atoms with E-state index in [4.69, 9.17) is 5.73 Å². The molecule has 54 valence electrons. The van der Waals surface area contributed by atoms with Crippen LogP contribution in [0.4, 0.5) is 0 Å². The minimum absolute atomic E-state index is 0.585. The van der Waals surface area contributed by atoms with Gasteiger partial charge in [-0.05, 0) is 0 Å². The molecule has 0 atom stereocenters. The Labute approximate surface area is 59.4 Å². The molecule has 0 aliphatic heterocycles. The van der Waals surface area contributed by atoms with Gasteiger partial charge < -0.3 is 10.3 Å². The Bertz CT molecular complexity index is 190. The highest BCUT2D eigenvalue weighted by Crippen LogP contribution is 1.82. The Hall–Kier alpha value is -1.16. The molecule has 0 bridgehead atoms. The van der Waals surface area contributed by atoms with Gasteiger partial charge in [0.15, 0.2) is 0 Å². The Morgan fingerprint density at radius 2 is 2.00 bits per heavy atom. The summed E-state index contributed by atoms with van der Waals surface area (Å²) in [5, 5.41) is 7.30. The Balaban J connectivity index is 2.34. The fourth-order valence-corrected chi connectivity index (χ4v) is 0.609. The molecule has 0 aliphatic rings. The van der Waals surface area contributed by atoms with Crippen molar-refractivity contribution >= 4 is 0 Å². The standard InChI is InChI=1S/C6H10N4/c7-3-1-2-4-10-5-8-9-6-10/h1-2,5-6H,3-4,7H2/b2-1+. The highest BCUT2D eigenvalue weighted by atomic mass is 15.2. The molecule has 4 heteroatoms. The zero-order valence-corrected chi connectivity index (χ0v) is 5.64. The van der Waals surface area contributed by atoms with Crippen molar-refractivity contribution in [3.05, 3.63) is 24.8 Å². The molecule has 0 amide bonds. The minimum Gasteiger partial charge on any atom is -0.327 e. The first-order valence-electron chi connectivity index (χ1n) is 3.11. The Kier molecular flexibility index (Phi) is 2.63. The number of hydrogen-bond acceptors (Lipinski definition) is 3. The molecule has 0 saturated carbocycles. The van der Waals surface area contributed by atoms with E-state index in [1.165, 1.54) is 0 Å². The van der Waals surface area contributed by atoms with Crippen LogP contribution in [0.3, 0.4) is 0 Å². The van der Waals surface area contributed by atoms with Crippen LogP contribution in [0.2, 0.25) is 0 Å². The van der Waals surface area contributed by atoms with E-state index in [0.29, 0.717) is 6.54 Å². The molecule has 0 spiro atoms. The molecule has 0 aromatic carbocycles. The lowest BCUT2D eigenvalue weighted by atomic mass is 10.5. The van der Waals surface area contributed by atoms with Crippen molar-refractivity contribution in [2.45, 2.75) is 6.54 Å². The maximum atomic E-state index is 5.24. The number of aromatic nitrogens is 3. The second kappa shape index (κ2) is 3.79. The second-order valence-electron chi connectivity index (χ2n) is 1.87. The molecule has 0 aliphatic carbocycles. The zero-order valence-electron chi connectivity index (χ0n) is 5.64. The van der Waals surface area contributed by atoms with Gasteiger partial charge in [-0.25, -0.2) is 0 Å². The highest BCUT2D eigenvalue weighted by molar-refractivity contribution is 4.83. The third kappa shape index (κ3) is 1.99. The van der Waals surface area contributed by atoms with E-state index in [1.807, 2.05) is 16.7 Å². The van der Waals surface area contributed by atoms with Gasteiger partial charge in [0.05, 0.1) is 0 Å². The van der Waals surface area contributed by atoms with Crippen LogP contribution >= 0.6 is 0 Å². The van der Waals surface area contributed by atoms with E-state index in [0.717, 1.165) is 6.54 Å². The zero-order chi connectivity index (χ0) is 7.23. The summed E-state index contributed by atoms with van der Waals surface area (Å²) in [4.78, 5) is 0. The molecule has 10 heavy (non-hydrogen) atoms. The van der Waals surface area contributed by atoms with Gasteiger partial charge in [-0.2, -0.15) is 0 Å². The van der Waals surface area contributed by atoms with Crippen LogP contribution in [0.1, 0.15) is 0 Å². The Morgan fingerprint density at radius 3 is 2.60 bits per heavy atom. The van der Waals surface area contributed by atoms with Crippen molar-refractivity contribution in [3.8, 4) is 0 Å². The lowest BCUT2D eigenvalue weighted by molar-refractivity contribution is 0.815. The maximum Gasteiger partial charge on any atom is 0.119 e. The van der Waals surface area contributed by atoms with Crippen molar-refractivity contribution in [1.29, 1.82) is 0 Å². The average Bonchev–Trinajstić information content (AvgIpc) is 2.41. The topological polar surface area (TPSA) is 56.7 Å². The van der Waals surface area contributed by atoms with E-state index in [-0.39, 0.29) is 0 Å². The number of allylic oxidation sites excluding steroid dienone is 1. The third-order valence-corrected chi connectivity index (χ3v) is 1.09. The summed E-state index contributed by atoms with van der Waals surface area (Å²) >= 11 is 0. The van der Waals surface area contributed by atoms with Crippen LogP contribution < -0.4 is 5.73 Å². The van der Waals surface area contributed by atoms with Crippen molar-refractivity contribution in [3.63, 3.8) is 0 Å². The molecule has 1 aromatic rings. The largest absolute Gasteiger partial charge is 0.327 e. The molecule has 1 rings (SSSR count). The fourth-order valence-electron chi connectivity index (χ4n) is 0.609. The molecule has 0 radical (unpaired) electrons. The van der Waals surface area contributed by atoms with Crippen molar-refractivity contribution in [2.24, 2.45) is 5.73 Å². The molecule has 1 heterocycles. The summed E-state index contributed by atoms with van der Waals surface area (Å²) in [7, 11) is 0. The first-order valence-corrected chi connectivity index (χ1v) is 3.11. The SMILES string of the molecule is NC/C=C/Cn1cnnc1. The van der Waals surface area contributed by atoms with Crippen LogP contribution in [0, 0.1) is 0 Å². The molecular formula is C6H10N4. The fraction of sp³-hybridized carbons (Fsp3) is 0.333. The molecule has 4 nitrogen and oxygen atoms in total. The summed E-state index contributed by atoms with van der Waals surface area (Å²) in [5.74, 6) is 0.